The zero-order chi connectivity index (χ0) is 13.7. The van der Waals surface area contributed by atoms with Crippen molar-refractivity contribution < 1.29 is 0 Å². The summed E-state index contributed by atoms with van der Waals surface area (Å²) in [5.41, 5.74) is 1.36. The molecule has 2 unspecified atom stereocenters. The molecule has 0 bridgehead atoms. The lowest BCUT2D eigenvalue weighted by molar-refractivity contribution is 0.215. The smallest absolute Gasteiger partial charge is 0.0406 e. The van der Waals surface area contributed by atoms with Crippen molar-refractivity contribution in [1.82, 2.24) is 10.2 Å². The number of nitrogens with one attached hydrogen (secondary N) is 1. The number of hydrogen-bond acceptors (Lipinski definition) is 3. The Morgan fingerprint density at radius 2 is 2.16 bits per heavy atom. The van der Waals surface area contributed by atoms with Crippen molar-refractivity contribution >= 4 is 23.4 Å². The number of hydrogen-bond donors (Lipinski definition) is 1. The molecule has 0 spiro atoms. The van der Waals surface area contributed by atoms with E-state index in [1.165, 1.54) is 23.6 Å². The van der Waals surface area contributed by atoms with Gasteiger partial charge in [-0.2, -0.15) is 11.8 Å². The van der Waals surface area contributed by atoms with Crippen LogP contribution in [0.4, 0.5) is 0 Å². The van der Waals surface area contributed by atoms with Crippen molar-refractivity contribution in [2.45, 2.75) is 25.4 Å². The van der Waals surface area contributed by atoms with Gasteiger partial charge in [-0.05, 0) is 37.7 Å². The standard InChI is InChI=1S/C15H23ClN2S/c1-3-17-14(15-11-19-9-8-18(15)2)10-12-4-6-13(16)7-5-12/h4-7,14-15,17H,3,8-11H2,1-2H3. The molecule has 2 atom stereocenters. The fourth-order valence-corrected chi connectivity index (χ4v) is 4.05. The summed E-state index contributed by atoms with van der Waals surface area (Å²) in [7, 11) is 2.25. The summed E-state index contributed by atoms with van der Waals surface area (Å²) in [5, 5.41) is 4.47. The molecule has 1 aromatic carbocycles. The first kappa shape index (κ1) is 15.2. The Hall–Kier alpha value is -0.220. The molecule has 1 N–H and O–H groups in total. The monoisotopic (exact) mass is 298 g/mol. The number of benzene rings is 1. The van der Waals surface area contributed by atoms with E-state index in [1.807, 2.05) is 12.1 Å². The SMILES string of the molecule is CCNC(Cc1ccc(Cl)cc1)C1CSCCN1C. The minimum atomic E-state index is 0.518. The molecule has 0 amide bonds. The fraction of sp³-hybridized carbons (Fsp3) is 0.600. The van der Waals surface area contributed by atoms with Gasteiger partial charge in [0, 0.05) is 35.2 Å². The van der Waals surface area contributed by atoms with Gasteiger partial charge in [-0.1, -0.05) is 30.7 Å². The van der Waals surface area contributed by atoms with Crippen LogP contribution in [0.2, 0.25) is 5.02 Å². The Balaban J connectivity index is 2.04. The van der Waals surface area contributed by atoms with Crippen LogP contribution in [0.1, 0.15) is 12.5 Å². The van der Waals surface area contributed by atoms with Crippen LogP contribution in [-0.2, 0) is 6.42 Å². The van der Waals surface area contributed by atoms with Crippen molar-refractivity contribution in [2.75, 3.05) is 31.6 Å². The molecule has 2 rings (SSSR count). The number of likely N-dealkylation sites (N-methyl/N-ethyl adjacent to an activating group) is 2. The zero-order valence-electron chi connectivity index (χ0n) is 11.7. The van der Waals surface area contributed by atoms with E-state index in [-0.39, 0.29) is 0 Å². The summed E-state index contributed by atoms with van der Waals surface area (Å²) in [6.45, 7) is 4.40. The van der Waals surface area contributed by atoms with E-state index in [9.17, 15) is 0 Å². The molecule has 1 heterocycles. The topological polar surface area (TPSA) is 15.3 Å². The summed E-state index contributed by atoms with van der Waals surface area (Å²) in [5.74, 6) is 2.48. The Kier molecular flexibility index (Phi) is 6.02. The number of nitrogens with zero attached hydrogens (tertiary/aromatic N) is 1. The molecule has 4 heteroatoms. The zero-order valence-corrected chi connectivity index (χ0v) is 13.3. The molecular formula is C15H23ClN2S. The average molecular weight is 299 g/mol. The van der Waals surface area contributed by atoms with Gasteiger partial charge in [0.2, 0.25) is 0 Å². The summed E-state index contributed by atoms with van der Waals surface area (Å²) < 4.78 is 0. The predicted molar refractivity (Wildman–Crippen MR) is 86.4 cm³/mol. The molecule has 2 nitrogen and oxygen atoms in total. The molecular weight excluding hydrogens is 276 g/mol. The maximum absolute atomic E-state index is 5.95. The van der Waals surface area contributed by atoms with Gasteiger partial charge in [0.05, 0.1) is 0 Å². The van der Waals surface area contributed by atoms with Gasteiger partial charge in [0.15, 0.2) is 0 Å². The van der Waals surface area contributed by atoms with E-state index >= 15 is 0 Å². The highest BCUT2D eigenvalue weighted by atomic mass is 35.5. The lowest BCUT2D eigenvalue weighted by atomic mass is 9.99. The quantitative estimate of drug-likeness (QED) is 0.900. The van der Waals surface area contributed by atoms with Crippen LogP contribution < -0.4 is 5.32 Å². The molecule has 0 aromatic heterocycles. The first-order valence-electron chi connectivity index (χ1n) is 6.96. The van der Waals surface area contributed by atoms with Crippen LogP contribution in [-0.4, -0.2) is 48.6 Å². The van der Waals surface area contributed by atoms with Gasteiger partial charge >= 0.3 is 0 Å². The third-order valence-electron chi connectivity index (χ3n) is 3.74. The van der Waals surface area contributed by atoms with Gasteiger partial charge in [-0.15, -0.1) is 0 Å². The van der Waals surface area contributed by atoms with Crippen molar-refractivity contribution in [2.24, 2.45) is 0 Å². The third kappa shape index (κ3) is 4.38. The first-order valence-corrected chi connectivity index (χ1v) is 8.49. The van der Waals surface area contributed by atoms with Crippen LogP contribution in [0.25, 0.3) is 0 Å². The lowest BCUT2D eigenvalue weighted by Gasteiger charge is -2.38. The normalized spacial score (nSPS) is 22.4. The highest BCUT2D eigenvalue weighted by Crippen LogP contribution is 2.20. The molecule has 1 aromatic rings. The second kappa shape index (κ2) is 7.53. The molecule has 1 aliphatic heterocycles. The number of halogens is 1. The highest BCUT2D eigenvalue weighted by molar-refractivity contribution is 7.99. The highest BCUT2D eigenvalue weighted by Gasteiger charge is 2.27. The van der Waals surface area contributed by atoms with E-state index in [1.54, 1.807) is 0 Å². The second-order valence-electron chi connectivity index (χ2n) is 5.12. The summed E-state index contributed by atoms with van der Waals surface area (Å²) in [4.78, 5) is 2.50. The molecule has 1 fully saturated rings. The molecule has 0 aliphatic carbocycles. The third-order valence-corrected chi connectivity index (χ3v) is 5.04. The largest absolute Gasteiger partial charge is 0.312 e. The summed E-state index contributed by atoms with van der Waals surface area (Å²) in [6.07, 6.45) is 1.07. The van der Waals surface area contributed by atoms with Crippen molar-refractivity contribution in [3.63, 3.8) is 0 Å². The van der Waals surface area contributed by atoms with Crippen LogP contribution in [0.15, 0.2) is 24.3 Å². The Labute approximate surface area is 125 Å². The van der Waals surface area contributed by atoms with E-state index in [4.69, 9.17) is 11.6 Å². The van der Waals surface area contributed by atoms with Crippen molar-refractivity contribution in [1.29, 1.82) is 0 Å². The minimum absolute atomic E-state index is 0.518. The fourth-order valence-electron chi connectivity index (χ4n) is 2.61. The van der Waals surface area contributed by atoms with E-state index in [0.717, 1.165) is 18.0 Å². The van der Waals surface area contributed by atoms with Gasteiger partial charge in [-0.3, -0.25) is 0 Å². The Morgan fingerprint density at radius 1 is 1.42 bits per heavy atom. The number of rotatable bonds is 5. The first-order chi connectivity index (χ1) is 9.20. The molecule has 19 heavy (non-hydrogen) atoms. The van der Waals surface area contributed by atoms with Crippen molar-refractivity contribution in [3.05, 3.63) is 34.9 Å². The Morgan fingerprint density at radius 3 is 2.79 bits per heavy atom. The van der Waals surface area contributed by atoms with Crippen LogP contribution in [0, 0.1) is 0 Å². The van der Waals surface area contributed by atoms with Gasteiger partial charge in [0.1, 0.15) is 0 Å². The molecule has 0 radical (unpaired) electrons. The van der Waals surface area contributed by atoms with E-state index < -0.39 is 0 Å². The van der Waals surface area contributed by atoms with Crippen LogP contribution >= 0.6 is 23.4 Å². The number of thioether (sulfide) groups is 1. The second-order valence-corrected chi connectivity index (χ2v) is 6.70. The summed E-state index contributed by atoms with van der Waals surface area (Å²) >= 11 is 8.03. The summed E-state index contributed by atoms with van der Waals surface area (Å²) in [6, 6.07) is 9.39. The van der Waals surface area contributed by atoms with Crippen LogP contribution in [0.5, 0.6) is 0 Å². The molecule has 0 saturated carbocycles. The molecule has 1 saturated heterocycles. The van der Waals surface area contributed by atoms with Gasteiger partial charge in [-0.25, -0.2) is 0 Å². The minimum Gasteiger partial charge on any atom is -0.312 e. The van der Waals surface area contributed by atoms with E-state index in [2.05, 4.69) is 48.1 Å². The predicted octanol–water partition coefficient (Wildman–Crippen LogP) is 2.91. The van der Waals surface area contributed by atoms with Gasteiger partial charge in [0.25, 0.3) is 0 Å². The van der Waals surface area contributed by atoms with Crippen LogP contribution in [0.3, 0.4) is 0 Å². The van der Waals surface area contributed by atoms with Crippen molar-refractivity contribution in [3.8, 4) is 0 Å². The average Bonchev–Trinajstić information content (AvgIpc) is 2.41. The maximum atomic E-state index is 5.95. The Bertz CT molecular complexity index is 382. The van der Waals surface area contributed by atoms with Gasteiger partial charge < -0.3 is 10.2 Å². The lowest BCUT2D eigenvalue weighted by Crippen LogP contribution is -2.53. The van der Waals surface area contributed by atoms with E-state index in [0.29, 0.717) is 12.1 Å². The molecule has 106 valence electrons. The molecule has 1 aliphatic rings. The maximum Gasteiger partial charge on any atom is 0.0406 e.